The molecule has 1 saturated heterocycles. The number of hydrogen-bond donors (Lipinski definition) is 4. The first-order valence-electron chi connectivity index (χ1n) is 10.4. The van der Waals surface area contributed by atoms with Crippen LogP contribution < -0.4 is 15.4 Å². The molecule has 2 rings (SSSR count). The van der Waals surface area contributed by atoms with Gasteiger partial charge in [-0.15, -0.1) is 0 Å². The highest BCUT2D eigenvalue weighted by Crippen LogP contribution is 2.18. The largest absolute Gasteiger partial charge is 0.760 e. The van der Waals surface area contributed by atoms with E-state index < -0.39 is 17.2 Å². The van der Waals surface area contributed by atoms with E-state index in [4.69, 9.17) is 21.7 Å². The van der Waals surface area contributed by atoms with E-state index in [1.807, 2.05) is 11.0 Å². The number of hydrogen-bond acceptors (Lipinski definition) is 7. The number of amides is 1. The molecule has 1 aliphatic rings. The predicted octanol–water partition coefficient (Wildman–Crippen LogP) is 2.17. The number of unbranched alkanes of at least 4 members (excludes halogenated alkanes) is 2. The molecule has 1 atom stereocenters. The number of rotatable bonds is 13. The summed E-state index contributed by atoms with van der Waals surface area (Å²) in [5.41, 5.74) is 0.994. The summed E-state index contributed by atoms with van der Waals surface area (Å²) >= 11 is 3.76. The summed E-state index contributed by atoms with van der Waals surface area (Å²) in [6.45, 7) is 3.46. The highest BCUT2D eigenvalue weighted by Gasteiger charge is 2.22. The fourth-order valence-electron chi connectivity index (χ4n) is 3.07. The zero-order chi connectivity index (χ0) is 23.2. The van der Waals surface area contributed by atoms with Crippen LogP contribution in [0.4, 0.5) is 5.69 Å². The van der Waals surface area contributed by atoms with Crippen molar-refractivity contribution in [3.8, 4) is 0 Å². The van der Waals surface area contributed by atoms with Gasteiger partial charge in [0, 0.05) is 60.9 Å². The van der Waals surface area contributed by atoms with Gasteiger partial charge in [-0.1, -0.05) is 29.8 Å². The second-order valence-electron chi connectivity index (χ2n) is 6.96. The quantitative estimate of drug-likeness (QED) is 0.0851. The SMILES string of the molecule is N=C/C(=C(/OCCCC/C=C/CNS(=O)[O-])C(=O)Nc1cccc(Cl)c1)N1CCNCC1. The lowest BCUT2D eigenvalue weighted by atomic mass is 10.2. The van der Waals surface area contributed by atoms with Crippen molar-refractivity contribution in [3.63, 3.8) is 0 Å². The van der Waals surface area contributed by atoms with Crippen LogP contribution in [0, 0.1) is 5.41 Å². The third kappa shape index (κ3) is 9.49. The number of benzene rings is 1. The molecule has 0 aromatic heterocycles. The van der Waals surface area contributed by atoms with Gasteiger partial charge >= 0.3 is 0 Å². The lowest BCUT2D eigenvalue weighted by molar-refractivity contribution is -0.116. The van der Waals surface area contributed by atoms with Crippen LogP contribution in [0.3, 0.4) is 0 Å². The van der Waals surface area contributed by atoms with Crippen molar-refractivity contribution in [1.82, 2.24) is 14.9 Å². The van der Waals surface area contributed by atoms with Crippen LogP contribution in [0.1, 0.15) is 19.3 Å². The number of carbonyl (C=O) groups excluding carboxylic acids is 1. The number of nitrogens with zero attached hydrogens (tertiary/aromatic N) is 1. The standard InChI is InChI=1S/C21H30ClN5O4S/c22-17-7-6-8-18(15-17)26-21(28)20(19(16-23)27-12-10-24-11-13-27)31-14-5-3-1-2-4-9-25-32(29)30/h2,4,6-8,15-16,23-25H,1,3,5,9-14H2,(H,26,28)(H,29,30)/p-1/b4-2+,20-19-,23-16?. The number of carbonyl (C=O) groups is 1. The van der Waals surface area contributed by atoms with Gasteiger partial charge in [0.15, 0.2) is 0 Å². The van der Waals surface area contributed by atoms with Crippen molar-refractivity contribution in [2.24, 2.45) is 0 Å². The van der Waals surface area contributed by atoms with Crippen molar-refractivity contribution in [1.29, 1.82) is 5.41 Å². The molecule has 4 N–H and O–H groups in total. The third-order valence-electron chi connectivity index (χ3n) is 4.61. The van der Waals surface area contributed by atoms with Crippen molar-refractivity contribution >= 4 is 40.7 Å². The summed E-state index contributed by atoms with van der Waals surface area (Å²) in [5.74, 6) is -0.319. The number of anilines is 1. The molecule has 0 spiro atoms. The van der Waals surface area contributed by atoms with Gasteiger partial charge < -0.3 is 30.2 Å². The van der Waals surface area contributed by atoms with E-state index in [0.29, 0.717) is 42.5 Å². The minimum atomic E-state index is -2.26. The molecule has 1 heterocycles. The topological polar surface area (TPSA) is 130 Å². The van der Waals surface area contributed by atoms with Crippen molar-refractivity contribution in [2.75, 3.05) is 44.6 Å². The Balaban J connectivity index is 1.99. The maximum Gasteiger partial charge on any atom is 0.293 e. The average Bonchev–Trinajstić information content (AvgIpc) is 2.77. The molecule has 9 nitrogen and oxygen atoms in total. The molecule has 11 heteroatoms. The molecule has 0 aliphatic carbocycles. The van der Waals surface area contributed by atoms with Gasteiger partial charge in [0.1, 0.15) is 5.70 Å². The fourth-order valence-corrected chi connectivity index (χ4v) is 3.49. The van der Waals surface area contributed by atoms with Crippen molar-refractivity contribution < 1.29 is 18.3 Å². The minimum Gasteiger partial charge on any atom is -0.760 e. The lowest BCUT2D eigenvalue weighted by Gasteiger charge is -2.31. The molecule has 176 valence electrons. The van der Waals surface area contributed by atoms with Gasteiger partial charge in [0.25, 0.3) is 5.91 Å². The van der Waals surface area contributed by atoms with Crippen molar-refractivity contribution in [3.05, 3.63) is 52.9 Å². The van der Waals surface area contributed by atoms with Crippen molar-refractivity contribution in [2.45, 2.75) is 19.3 Å². The number of piperazine rings is 1. The van der Waals surface area contributed by atoms with Gasteiger partial charge in [0.2, 0.25) is 5.76 Å². The van der Waals surface area contributed by atoms with Gasteiger partial charge in [-0.25, -0.2) is 4.72 Å². The Hall–Kier alpha value is -2.24. The number of nitrogens with one attached hydrogen (secondary N) is 4. The van der Waals surface area contributed by atoms with Crippen LogP contribution in [0.2, 0.25) is 5.02 Å². The van der Waals surface area contributed by atoms with Crippen LogP contribution in [0.25, 0.3) is 0 Å². The monoisotopic (exact) mass is 482 g/mol. The highest BCUT2D eigenvalue weighted by molar-refractivity contribution is 7.77. The van der Waals surface area contributed by atoms with E-state index in [1.165, 1.54) is 0 Å². The molecular formula is C21H29ClN5O4S-. The van der Waals surface area contributed by atoms with E-state index in [1.54, 1.807) is 30.3 Å². The molecule has 32 heavy (non-hydrogen) atoms. The van der Waals surface area contributed by atoms with Gasteiger partial charge in [-0.05, 0) is 37.5 Å². The summed E-state index contributed by atoms with van der Waals surface area (Å²) in [7, 11) is 0. The molecule has 1 aromatic carbocycles. The zero-order valence-electron chi connectivity index (χ0n) is 17.8. The normalized spacial score (nSPS) is 15.9. The second kappa shape index (κ2) is 14.8. The first-order valence-corrected chi connectivity index (χ1v) is 11.8. The lowest BCUT2D eigenvalue weighted by Crippen LogP contribution is -2.44. The van der Waals surface area contributed by atoms with Crippen LogP contribution in [-0.4, -0.2) is 65.1 Å². The highest BCUT2D eigenvalue weighted by atomic mass is 35.5. The first kappa shape index (κ1) is 26.0. The summed E-state index contributed by atoms with van der Waals surface area (Å²) in [4.78, 5) is 15.0. The molecule has 0 radical (unpaired) electrons. The Morgan fingerprint density at radius 3 is 2.78 bits per heavy atom. The zero-order valence-corrected chi connectivity index (χ0v) is 19.3. The molecule has 1 amide bonds. The first-order chi connectivity index (χ1) is 15.5. The molecule has 0 bridgehead atoms. The molecule has 1 aromatic rings. The van der Waals surface area contributed by atoms with Crippen LogP contribution in [0.15, 0.2) is 47.9 Å². The third-order valence-corrected chi connectivity index (χ3v) is 5.25. The minimum absolute atomic E-state index is 0.111. The van der Waals surface area contributed by atoms with E-state index in [-0.39, 0.29) is 12.3 Å². The molecule has 1 aliphatic heterocycles. The second-order valence-corrected chi connectivity index (χ2v) is 8.15. The van der Waals surface area contributed by atoms with Gasteiger partial charge in [-0.3, -0.25) is 9.00 Å². The Morgan fingerprint density at radius 1 is 1.31 bits per heavy atom. The number of ether oxygens (including phenoxy) is 1. The maximum atomic E-state index is 13.0. The number of allylic oxidation sites excluding steroid dienone is 2. The summed E-state index contributed by atoms with van der Waals surface area (Å²) in [6, 6.07) is 6.85. The molecule has 0 saturated carbocycles. The number of halogens is 1. The smallest absolute Gasteiger partial charge is 0.293 e. The Labute approximate surface area is 196 Å². The van der Waals surface area contributed by atoms with E-state index in [2.05, 4.69) is 15.4 Å². The fraction of sp³-hybridized carbons (Fsp3) is 0.429. The molecule has 1 unspecified atom stereocenters. The van der Waals surface area contributed by atoms with Gasteiger partial charge in [-0.2, -0.15) is 0 Å². The Morgan fingerprint density at radius 2 is 2.09 bits per heavy atom. The summed E-state index contributed by atoms with van der Waals surface area (Å²) in [5, 5.41) is 14.5. The molecule has 1 fully saturated rings. The average molecular weight is 483 g/mol. The van der Waals surface area contributed by atoms with E-state index in [0.717, 1.165) is 32.1 Å². The summed E-state index contributed by atoms with van der Waals surface area (Å²) in [6.07, 6.45) is 7.08. The summed E-state index contributed by atoms with van der Waals surface area (Å²) < 4.78 is 28.9. The van der Waals surface area contributed by atoms with E-state index >= 15 is 0 Å². The maximum absolute atomic E-state index is 13.0. The van der Waals surface area contributed by atoms with E-state index in [9.17, 15) is 13.6 Å². The van der Waals surface area contributed by atoms with Crippen LogP contribution >= 0.6 is 11.6 Å². The Kier molecular flexibility index (Phi) is 12.0. The van der Waals surface area contributed by atoms with Crippen LogP contribution in [-0.2, 0) is 20.8 Å². The van der Waals surface area contributed by atoms with Gasteiger partial charge in [0.05, 0.1) is 6.61 Å². The van der Waals surface area contributed by atoms with Crippen LogP contribution in [0.5, 0.6) is 0 Å². The molecular weight excluding hydrogens is 454 g/mol. The Bertz CT molecular complexity index is 843. The predicted molar refractivity (Wildman–Crippen MR) is 126 cm³/mol.